The molecule has 4 heterocycles. The minimum Gasteiger partial charge on any atom is -0.790 e. The third-order valence-electron chi connectivity index (χ3n) is 4.64. The van der Waals surface area contributed by atoms with E-state index in [4.69, 9.17) is 10.5 Å². The highest BCUT2D eigenvalue weighted by atomic mass is 31.3. The van der Waals surface area contributed by atoms with Crippen molar-refractivity contribution in [2.45, 2.75) is 30.5 Å². The molecule has 2 aliphatic heterocycles. The molecule has 1 fully saturated rings. The number of nitrogens with two attached hydrogens (primary N) is 1. The summed E-state index contributed by atoms with van der Waals surface area (Å²) in [7, 11) is -17.7. The number of ether oxygens (including phenoxy) is 1. The van der Waals surface area contributed by atoms with Gasteiger partial charge in [0.05, 0.1) is 19.8 Å². The molecule has 0 aromatic carbocycles. The normalized spacial score (nSPS) is 31.9. The lowest BCUT2D eigenvalue weighted by Gasteiger charge is -2.39. The largest absolute Gasteiger partial charge is 0.790 e. The summed E-state index contributed by atoms with van der Waals surface area (Å²) in [4.78, 5) is 56.6. The molecule has 2 bridgehead atoms. The lowest BCUT2D eigenvalue weighted by atomic mass is 9.99. The van der Waals surface area contributed by atoms with Crippen LogP contribution in [0.5, 0.6) is 0 Å². The number of aromatic nitrogens is 4. The van der Waals surface area contributed by atoms with Gasteiger partial charge in [-0.3, -0.25) is 17.8 Å². The van der Waals surface area contributed by atoms with Gasteiger partial charge in [0.15, 0.2) is 23.2 Å². The quantitative estimate of drug-likeness (QED) is 0.319. The first-order chi connectivity index (χ1) is 14.2. The number of rotatable bonds is 6. The van der Waals surface area contributed by atoms with Crippen molar-refractivity contribution in [1.82, 2.24) is 19.5 Å². The summed E-state index contributed by atoms with van der Waals surface area (Å²) in [6, 6.07) is 0. The maximum absolute atomic E-state index is 12.3. The molecular weight excluding hydrogens is 487 g/mol. The molecular formula is C11H12N5O12P3-4. The fourth-order valence-corrected chi connectivity index (χ4v) is 7.29. The molecule has 0 saturated carbocycles. The van der Waals surface area contributed by atoms with Crippen molar-refractivity contribution in [3.63, 3.8) is 0 Å². The first kappa shape index (κ1) is 22.9. The summed E-state index contributed by atoms with van der Waals surface area (Å²) < 4.78 is 47.9. The van der Waals surface area contributed by atoms with Gasteiger partial charge in [-0.25, -0.2) is 15.0 Å². The maximum Gasteiger partial charge on any atom is 0.276 e. The van der Waals surface area contributed by atoms with E-state index < -0.39 is 59.9 Å². The van der Waals surface area contributed by atoms with E-state index in [-0.39, 0.29) is 22.8 Å². The van der Waals surface area contributed by atoms with E-state index in [0.717, 1.165) is 6.33 Å². The molecule has 17 nitrogen and oxygen atoms in total. The molecule has 0 aliphatic carbocycles. The minimum absolute atomic E-state index is 0.0264. The first-order valence-corrected chi connectivity index (χ1v) is 12.9. The lowest BCUT2D eigenvalue weighted by molar-refractivity contribution is -0.339. The highest BCUT2D eigenvalue weighted by Gasteiger charge is 2.54. The van der Waals surface area contributed by atoms with E-state index in [2.05, 4.69) is 23.6 Å². The summed E-state index contributed by atoms with van der Waals surface area (Å²) in [5, 5.41) is 20.6. The second-order valence-corrected chi connectivity index (χ2v) is 11.4. The molecule has 7 atom stereocenters. The molecule has 2 aromatic heterocycles. The molecule has 2 aromatic rings. The second kappa shape index (κ2) is 7.35. The molecule has 7 unspecified atom stereocenters. The van der Waals surface area contributed by atoms with Gasteiger partial charge in [0.1, 0.15) is 32.0 Å². The number of hydrogen-bond acceptors (Lipinski definition) is 16. The Morgan fingerprint density at radius 2 is 1.81 bits per heavy atom. The predicted octanol–water partition coefficient (Wildman–Crippen LogP) is -3.99. The zero-order chi connectivity index (χ0) is 22.9. The number of hydrogen-bond donors (Lipinski definition) is 3. The third kappa shape index (κ3) is 4.20. The average Bonchev–Trinajstić information content (AvgIpc) is 3.09. The van der Waals surface area contributed by atoms with Crippen molar-refractivity contribution in [3.05, 3.63) is 12.2 Å². The van der Waals surface area contributed by atoms with Crippen LogP contribution in [-0.4, -0.2) is 54.2 Å². The Morgan fingerprint density at radius 1 is 1.13 bits per heavy atom. The minimum atomic E-state index is -6.13. The number of aliphatic hydroxyl groups excluding tert-OH is 2. The number of phosphoric acid groups is 2. The first-order valence-electron chi connectivity index (χ1n) is 8.25. The predicted molar refractivity (Wildman–Crippen MR) is 88.3 cm³/mol. The van der Waals surface area contributed by atoms with Gasteiger partial charge < -0.3 is 49.4 Å². The Kier molecular flexibility index (Phi) is 5.42. The molecule has 1 saturated heterocycles. The Hall–Kier alpha value is -1.32. The monoisotopic (exact) mass is 499 g/mol. The average molecular weight is 499 g/mol. The van der Waals surface area contributed by atoms with Crippen molar-refractivity contribution < 1.29 is 56.8 Å². The van der Waals surface area contributed by atoms with Crippen LogP contribution in [0.1, 0.15) is 18.0 Å². The van der Waals surface area contributed by atoms with Gasteiger partial charge in [-0.2, -0.15) is 0 Å². The molecule has 0 radical (unpaired) electrons. The van der Waals surface area contributed by atoms with Crippen LogP contribution in [0.2, 0.25) is 0 Å². The van der Waals surface area contributed by atoms with E-state index >= 15 is 0 Å². The van der Waals surface area contributed by atoms with Crippen LogP contribution >= 0.6 is 23.2 Å². The fourth-order valence-electron chi connectivity index (χ4n) is 3.58. The molecule has 31 heavy (non-hydrogen) atoms. The van der Waals surface area contributed by atoms with Crippen molar-refractivity contribution in [3.8, 4) is 0 Å². The highest BCUT2D eigenvalue weighted by Crippen LogP contribution is 2.62. The molecule has 20 heteroatoms. The third-order valence-corrected chi connectivity index (χ3v) is 8.87. The lowest BCUT2D eigenvalue weighted by Crippen LogP contribution is -2.37. The van der Waals surface area contributed by atoms with Crippen LogP contribution in [0.3, 0.4) is 0 Å². The van der Waals surface area contributed by atoms with E-state index in [0.29, 0.717) is 0 Å². The number of nitrogen functional groups attached to an aromatic ring is 1. The van der Waals surface area contributed by atoms with Crippen molar-refractivity contribution in [2.75, 3.05) is 11.9 Å². The summed E-state index contributed by atoms with van der Waals surface area (Å²) >= 11 is 0. The standard InChI is InChI=1S/C11H16N5O12P3/c12-8-4-10(14-2-13-8)16-9(15-4)3(7-5(17)6(18)11(16)26-7)1-29(19,20)27-31(24,25)28-30(21,22)23/h2-3,5-7,11,17-18H,1H2,(H,19,20)(H,24,25)(H2,12,13,14)(H2,21,22,23)/p-4. The number of fused-ring (bicyclic) bond motifs is 6. The van der Waals surface area contributed by atoms with Crippen LogP contribution < -0.4 is 25.3 Å². The zero-order valence-corrected chi connectivity index (χ0v) is 17.5. The van der Waals surface area contributed by atoms with E-state index in [1.807, 2.05) is 0 Å². The Bertz CT molecular complexity index is 1180. The van der Waals surface area contributed by atoms with E-state index in [1.165, 1.54) is 4.57 Å². The summed E-state index contributed by atoms with van der Waals surface area (Å²) in [6.45, 7) is 0. The second-order valence-electron chi connectivity index (χ2n) is 6.70. The van der Waals surface area contributed by atoms with Gasteiger partial charge in [0, 0.05) is 6.16 Å². The van der Waals surface area contributed by atoms with Gasteiger partial charge in [-0.15, -0.1) is 0 Å². The zero-order valence-electron chi connectivity index (χ0n) is 14.9. The van der Waals surface area contributed by atoms with Crippen molar-refractivity contribution in [2.24, 2.45) is 0 Å². The summed E-state index contributed by atoms with van der Waals surface area (Å²) in [6.07, 6.45) is -5.86. The van der Waals surface area contributed by atoms with Gasteiger partial charge in [0.2, 0.25) is 0 Å². The van der Waals surface area contributed by atoms with Gasteiger partial charge in [-0.1, -0.05) is 0 Å². The number of nitrogens with zero attached hydrogens (tertiary/aromatic N) is 4. The van der Waals surface area contributed by atoms with E-state index in [9.17, 15) is 43.5 Å². The van der Waals surface area contributed by atoms with Gasteiger partial charge in [-0.05, 0) is 0 Å². The Balaban J connectivity index is 1.73. The van der Waals surface area contributed by atoms with Crippen molar-refractivity contribution >= 4 is 40.2 Å². The maximum atomic E-state index is 12.3. The summed E-state index contributed by atoms with van der Waals surface area (Å²) in [5.41, 5.74) is 5.81. The molecule has 172 valence electrons. The molecule has 0 spiro atoms. The smallest absolute Gasteiger partial charge is 0.276 e. The van der Waals surface area contributed by atoms with Crippen LogP contribution in [-0.2, 0) is 27.1 Å². The number of anilines is 1. The molecule has 0 amide bonds. The summed E-state index contributed by atoms with van der Waals surface area (Å²) in [5.74, 6) is -1.61. The van der Waals surface area contributed by atoms with E-state index in [1.54, 1.807) is 0 Å². The van der Waals surface area contributed by atoms with Crippen LogP contribution in [0.25, 0.3) is 11.2 Å². The van der Waals surface area contributed by atoms with Crippen molar-refractivity contribution in [1.29, 1.82) is 0 Å². The highest BCUT2D eigenvalue weighted by molar-refractivity contribution is 7.66. The fraction of sp³-hybridized carbons (Fsp3) is 0.545. The van der Waals surface area contributed by atoms with Crippen LogP contribution in [0.15, 0.2) is 6.33 Å². The number of aliphatic hydroxyl groups is 2. The molecule has 4 rings (SSSR count). The number of imidazole rings is 1. The van der Waals surface area contributed by atoms with Gasteiger partial charge >= 0.3 is 0 Å². The Labute approximate surface area is 171 Å². The van der Waals surface area contributed by atoms with Crippen LogP contribution in [0.4, 0.5) is 5.82 Å². The SMILES string of the molecule is Nc1ncnc2c1nc1n2C2OC(C1CP(=O)([O-])OP(=O)([O-])OP(=O)([O-])[O-])C(O)C2O. The molecule has 4 N–H and O–H groups in total. The van der Waals surface area contributed by atoms with Crippen LogP contribution in [0, 0.1) is 0 Å². The molecule has 2 aliphatic rings. The topological polar surface area (TPSA) is 281 Å². The van der Waals surface area contributed by atoms with Gasteiger partial charge in [0.25, 0.3) is 7.82 Å². The Morgan fingerprint density at radius 3 is 2.45 bits per heavy atom.